The van der Waals surface area contributed by atoms with Crippen molar-refractivity contribution in [1.82, 2.24) is 15.0 Å². The molecule has 0 spiro atoms. The maximum Gasteiger partial charge on any atom is 0.417 e. The number of anilines is 4. The van der Waals surface area contributed by atoms with E-state index in [2.05, 4.69) is 31.7 Å². The summed E-state index contributed by atoms with van der Waals surface area (Å²) in [5.74, 6) is 0.577. The first kappa shape index (κ1) is 18.3. The Balaban J connectivity index is 1.64. The standard InChI is InChI=1S/C21H18N6O2/c1-3-13-11-23-20(25-15-5-4-12(2)14(8-15)10-22)27-19(13)24-16-6-7-18-17(9-16)26-21(28)29-18/h4-9,11H,3H2,1-2H3,(H,26,28)(H2,23,24,25,27). The van der Waals surface area contributed by atoms with Crippen LogP contribution in [0.5, 0.6) is 0 Å². The summed E-state index contributed by atoms with van der Waals surface area (Å²) >= 11 is 0. The zero-order valence-electron chi connectivity index (χ0n) is 15.9. The van der Waals surface area contributed by atoms with Crippen molar-refractivity contribution in [2.75, 3.05) is 10.6 Å². The largest absolute Gasteiger partial charge is 0.417 e. The lowest BCUT2D eigenvalue weighted by Crippen LogP contribution is -2.04. The predicted molar refractivity (Wildman–Crippen MR) is 111 cm³/mol. The molecule has 0 atom stereocenters. The van der Waals surface area contributed by atoms with Crippen LogP contribution in [0.1, 0.15) is 23.6 Å². The van der Waals surface area contributed by atoms with Gasteiger partial charge in [0.1, 0.15) is 5.82 Å². The molecule has 0 aliphatic carbocycles. The number of aryl methyl sites for hydroxylation is 2. The number of fused-ring (bicyclic) bond motifs is 1. The molecule has 4 rings (SSSR count). The van der Waals surface area contributed by atoms with E-state index >= 15 is 0 Å². The summed E-state index contributed by atoms with van der Waals surface area (Å²) in [4.78, 5) is 22.9. The molecule has 0 bridgehead atoms. The monoisotopic (exact) mass is 386 g/mol. The van der Waals surface area contributed by atoms with Gasteiger partial charge in [0.25, 0.3) is 0 Å². The summed E-state index contributed by atoms with van der Waals surface area (Å²) in [5, 5.41) is 15.6. The van der Waals surface area contributed by atoms with E-state index in [-0.39, 0.29) is 0 Å². The summed E-state index contributed by atoms with van der Waals surface area (Å²) < 4.78 is 5.03. The highest BCUT2D eigenvalue weighted by atomic mass is 16.4. The maximum atomic E-state index is 11.4. The van der Waals surface area contributed by atoms with Gasteiger partial charge < -0.3 is 15.1 Å². The van der Waals surface area contributed by atoms with Crippen molar-refractivity contribution in [2.45, 2.75) is 20.3 Å². The average molecular weight is 386 g/mol. The van der Waals surface area contributed by atoms with Crippen molar-refractivity contribution >= 4 is 34.2 Å². The number of hydrogen-bond acceptors (Lipinski definition) is 7. The van der Waals surface area contributed by atoms with Crippen LogP contribution in [0.15, 0.2) is 51.8 Å². The molecule has 0 unspecified atom stereocenters. The molecule has 29 heavy (non-hydrogen) atoms. The van der Waals surface area contributed by atoms with E-state index in [4.69, 9.17) is 4.42 Å². The van der Waals surface area contributed by atoms with E-state index < -0.39 is 5.76 Å². The third kappa shape index (κ3) is 3.80. The third-order valence-electron chi connectivity index (χ3n) is 4.54. The molecule has 8 heteroatoms. The maximum absolute atomic E-state index is 11.4. The Morgan fingerprint density at radius 3 is 2.76 bits per heavy atom. The second-order valence-corrected chi connectivity index (χ2v) is 6.54. The number of benzene rings is 2. The van der Waals surface area contributed by atoms with Gasteiger partial charge in [-0.2, -0.15) is 10.2 Å². The van der Waals surface area contributed by atoms with Crippen molar-refractivity contribution in [2.24, 2.45) is 0 Å². The van der Waals surface area contributed by atoms with Crippen LogP contribution in [-0.4, -0.2) is 15.0 Å². The SMILES string of the molecule is CCc1cnc(Nc2ccc(C)c(C#N)c2)nc1Nc1ccc2oc(=O)[nH]c2c1. The van der Waals surface area contributed by atoms with Crippen LogP contribution in [0.25, 0.3) is 11.1 Å². The van der Waals surface area contributed by atoms with Gasteiger partial charge in [-0.15, -0.1) is 0 Å². The van der Waals surface area contributed by atoms with E-state index in [0.29, 0.717) is 28.4 Å². The van der Waals surface area contributed by atoms with Crippen LogP contribution >= 0.6 is 0 Å². The Morgan fingerprint density at radius 1 is 1.17 bits per heavy atom. The Kier molecular flexibility index (Phi) is 4.71. The zero-order valence-corrected chi connectivity index (χ0v) is 15.9. The normalized spacial score (nSPS) is 10.7. The Hall–Kier alpha value is -4.12. The molecule has 0 aliphatic heterocycles. The molecule has 8 nitrogen and oxygen atoms in total. The Bertz CT molecular complexity index is 1300. The lowest BCUT2D eigenvalue weighted by molar-refractivity contribution is 0.555. The predicted octanol–water partition coefficient (Wildman–Crippen LogP) is 4.14. The fraction of sp³-hybridized carbons (Fsp3) is 0.143. The van der Waals surface area contributed by atoms with Crippen LogP contribution in [0, 0.1) is 18.3 Å². The fourth-order valence-electron chi connectivity index (χ4n) is 2.95. The van der Waals surface area contributed by atoms with E-state index in [0.717, 1.165) is 28.9 Å². The van der Waals surface area contributed by atoms with Crippen molar-refractivity contribution in [1.29, 1.82) is 5.26 Å². The number of aromatic amines is 1. The van der Waals surface area contributed by atoms with E-state index in [9.17, 15) is 10.1 Å². The lowest BCUT2D eigenvalue weighted by Gasteiger charge is -2.12. The molecular formula is C21H18N6O2. The van der Waals surface area contributed by atoms with Crippen molar-refractivity contribution in [3.8, 4) is 6.07 Å². The molecule has 2 aromatic carbocycles. The number of nitrogens with one attached hydrogen (secondary N) is 3. The smallest absolute Gasteiger partial charge is 0.408 e. The number of oxazole rings is 1. The zero-order chi connectivity index (χ0) is 20.4. The van der Waals surface area contributed by atoms with Gasteiger partial charge in [-0.1, -0.05) is 13.0 Å². The van der Waals surface area contributed by atoms with Gasteiger partial charge in [0.15, 0.2) is 5.58 Å². The highest BCUT2D eigenvalue weighted by Gasteiger charge is 2.09. The van der Waals surface area contributed by atoms with Gasteiger partial charge in [0.05, 0.1) is 17.1 Å². The summed E-state index contributed by atoms with van der Waals surface area (Å²) in [6.07, 6.45) is 2.51. The second kappa shape index (κ2) is 7.48. The van der Waals surface area contributed by atoms with Crippen LogP contribution in [0.2, 0.25) is 0 Å². The average Bonchev–Trinajstić information content (AvgIpc) is 3.09. The van der Waals surface area contributed by atoms with Crippen LogP contribution < -0.4 is 16.4 Å². The molecule has 4 aromatic rings. The van der Waals surface area contributed by atoms with Gasteiger partial charge in [0.2, 0.25) is 5.95 Å². The molecule has 0 radical (unpaired) electrons. The van der Waals surface area contributed by atoms with E-state index in [1.165, 1.54) is 0 Å². The number of H-pyrrole nitrogens is 1. The minimum atomic E-state index is -0.491. The first-order valence-corrected chi connectivity index (χ1v) is 9.09. The van der Waals surface area contributed by atoms with Gasteiger partial charge in [-0.3, -0.25) is 4.98 Å². The highest BCUT2D eigenvalue weighted by molar-refractivity contribution is 5.78. The van der Waals surface area contributed by atoms with Crippen LogP contribution in [0.4, 0.5) is 23.1 Å². The number of nitriles is 1. The van der Waals surface area contributed by atoms with Crippen LogP contribution in [0.3, 0.4) is 0 Å². The van der Waals surface area contributed by atoms with Crippen LogP contribution in [-0.2, 0) is 6.42 Å². The molecule has 0 aliphatic rings. The second-order valence-electron chi connectivity index (χ2n) is 6.54. The van der Waals surface area contributed by atoms with Crippen molar-refractivity contribution < 1.29 is 4.42 Å². The molecular weight excluding hydrogens is 368 g/mol. The van der Waals surface area contributed by atoms with E-state index in [1.54, 1.807) is 24.4 Å². The van der Waals surface area contributed by atoms with Crippen molar-refractivity contribution in [3.63, 3.8) is 0 Å². The van der Waals surface area contributed by atoms with E-state index in [1.807, 2.05) is 32.0 Å². The topological polar surface area (TPSA) is 120 Å². The molecule has 2 aromatic heterocycles. The first-order valence-electron chi connectivity index (χ1n) is 9.09. The lowest BCUT2D eigenvalue weighted by atomic mass is 10.1. The quantitative estimate of drug-likeness (QED) is 0.471. The molecule has 144 valence electrons. The summed E-state index contributed by atoms with van der Waals surface area (Å²) in [7, 11) is 0. The Morgan fingerprint density at radius 2 is 1.97 bits per heavy atom. The molecule has 2 heterocycles. The summed E-state index contributed by atoms with van der Waals surface area (Å²) in [5.41, 5.74) is 5.05. The molecule has 0 fully saturated rings. The molecule has 0 saturated heterocycles. The minimum Gasteiger partial charge on any atom is -0.408 e. The first-order chi connectivity index (χ1) is 14.1. The minimum absolute atomic E-state index is 0.412. The number of aromatic nitrogens is 3. The molecule has 0 amide bonds. The fourth-order valence-corrected chi connectivity index (χ4v) is 2.95. The van der Waals surface area contributed by atoms with Gasteiger partial charge >= 0.3 is 5.76 Å². The van der Waals surface area contributed by atoms with Gasteiger partial charge in [-0.05, 0) is 49.2 Å². The summed E-state index contributed by atoms with van der Waals surface area (Å²) in [6, 6.07) is 13.0. The molecule has 3 N–H and O–H groups in total. The third-order valence-corrected chi connectivity index (χ3v) is 4.54. The van der Waals surface area contributed by atoms with Gasteiger partial charge in [-0.25, -0.2) is 9.78 Å². The molecule has 0 saturated carbocycles. The Labute approximate surface area is 166 Å². The number of hydrogen-bond donors (Lipinski definition) is 3. The highest BCUT2D eigenvalue weighted by Crippen LogP contribution is 2.24. The summed E-state index contributed by atoms with van der Waals surface area (Å²) in [6.45, 7) is 3.91. The van der Waals surface area contributed by atoms with Crippen molar-refractivity contribution in [3.05, 3.63) is 69.8 Å². The van der Waals surface area contributed by atoms with Gasteiger partial charge in [0, 0.05) is 23.1 Å². The number of nitrogens with zero attached hydrogens (tertiary/aromatic N) is 3. The number of rotatable bonds is 5.